The molecule has 0 atom stereocenters. The molecule has 0 unspecified atom stereocenters. The van der Waals surface area contributed by atoms with Gasteiger partial charge in [0.1, 0.15) is 0 Å². The summed E-state index contributed by atoms with van der Waals surface area (Å²) in [6.07, 6.45) is 0. The lowest BCUT2D eigenvalue weighted by Gasteiger charge is -2.41. The lowest BCUT2D eigenvalue weighted by atomic mass is 10.0. The molecule has 1 aromatic rings. The summed E-state index contributed by atoms with van der Waals surface area (Å²) in [5.41, 5.74) is 1.62. The van der Waals surface area contributed by atoms with Crippen molar-refractivity contribution in [1.82, 2.24) is 15.5 Å². The van der Waals surface area contributed by atoms with Crippen LogP contribution in [0.3, 0.4) is 0 Å². The summed E-state index contributed by atoms with van der Waals surface area (Å²) in [5.74, 6) is 0.496. The van der Waals surface area contributed by atoms with Gasteiger partial charge in [0.15, 0.2) is 5.96 Å². The van der Waals surface area contributed by atoms with Crippen molar-refractivity contribution in [3.63, 3.8) is 0 Å². The van der Waals surface area contributed by atoms with E-state index in [4.69, 9.17) is 9.47 Å². The number of ether oxygens (including phenoxy) is 2. The first-order valence-corrected chi connectivity index (χ1v) is 10.1. The van der Waals surface area contributed by atoms with E-state index >= 15 is 0 Å². The first kappa shape index (κ1) is 25.6. The lowest BCUT2D eigenvalue weighted by molar-refractivity contribution is -0.00834. The standard InChI is InChI=1S/C21H34N4O3.HI/c1-5-22-20(24-16-21(3,4)25-11-13-27-14-12-25)23-15-17-7-9-18(10-8-17)19(26)28-6-2;/h7-10H,5-6,11-16H2,1-4H3,(H2,22,23,24);1H. The second kappa shape index (κ2) is 13.0. The van der Waals surface area contributed by atoms with E-state index in [0.29, 0.717) is 18.7 Å². The molecule has 1 aliphatic rings. The van der Waals surface area contributed by atoms with Crippen LogP contribution < -0.4 is 10.6 Å². The van der Waals surface area contributed by atoms with Crippen LogP contribution in [-0.2, 0) is 16.0 Å². The van der Waals surface area contributed by atoms with Crippen molar-refractivity contribution in [2.24, 2.45) is 4.99 Å². The molecular weight excluding hydrogens is 483 g/mol. The number of esters is 1. The van der Waals surface area contributed by atoms with E-state index in [1.165, 1.54) is 0 Å². The maximum atomic E-state index is 11.7. The second-order valence-electron chi connectivity index (χ2n) is 7.38. The molecule has 0 bridgehead atoms. The molecule has 1 aliphatic heterocycles. The highest BCUT2D eigenvalue weighted by molar-refractivity contribution is 14.0. The third-order valence-corrected chi connectivity index (χ3v) is 4.78. The van der Waals surface area contributed by atoms with Crippen molar-refractivity contribution in [1.29, 1.82) is 0 Å². The Morgan fingerprint density at radius 1 is 1.17 bits per heavy atom. The molecule has 0 radical (unpaired) electrons. The third-order valence-electron chi connectivity index (χ3n) is 4.78. The minimum Gasteiger partial charge on any atom is -0.462 e. The molecule has 2 rings (SSSR count). The van der Waals surface area contributed by atoms with Crippen LogP contribution in [0.4, 0.5) is 0 Å². The Morgan fingerprint density at radius 3 is 2.41 bits per heavy atom. The number of morpholine rings is 1. The zero-order valence-electron chi connectivity index (χ0n) is 18.0. The van der Waals surface area contributed by atoms with Gasteiger partial charge in [0.05, 0.1) is 31.9 Å². The zero-order chi connectivity index (χ0) is 20.4. The SMILES string of the molecule is CCNC(=NCc1ccc(C(=O)OCC)cc1)NCC(C)(C)N1CCOCC1.I. The molecule has 0 aromatic heterocycles. The summed E-state index contributed by atoms with van der Waals surface area (Å²) in [6.45, 7) is 14.3. The van der Waals surface area contributed by atoms with Gasteiger partial charge in [-0.3, -0.25) is 4.90 Å². The molecule has 1 heterocycles. The highest BCUT2D eigenvalue weighted by atomic mass is 127. The quantitative estimate of drug-likeness (QED) is 0.239. The number of nitrogens with zero attached hydrogens (tertiary/aromatic N) is 2. The summed E-state index contributed by atoms with van der Waals surface area (Å²) in [4.78, 5) is 18.9. The van der Waals surface area contributed by atoms with E-state index < -0.39 is 0 Å². The number of benzene rings is 1. The topological polar surface area (TPSA) is 75.2 Å². The predicted molar refractivity (Wildman–Crippen MR) is 127 cm³/mol. The van der Waals surface area contributed by atoms with Crippen LogP contribution in [0.15, 0.2) is 29.3 Å². The largest absolute Gasteiger partial charge is 0.462 e. The van der Waals surface area contributed by atoms with Crippen molar-refractivity contribution >= 4 is 35.9 Å². The molecule has 0 saturated carbocycles. The van der Waals surface area contributed by atoms with Gasteiger partial charge in [0.25, 0.3) is 0 Å². The Kier molecular flexibility index (Phi) is 11.5. The molecule has 0 aliphatic carbocycles. The number of hydrogen-bond donors (Lipinski definition) is 2. The Hall–Kier alpha value is -1.39. The molecule has 7 nitrogen and oxygen atoms in total. The van der Waals surface area contributed by atoms with Gasteiger partial charge in [-0.2, -0.15) is 0 Å². The number of nitrogens with one attached hydrogen (secondary N) is 2. The minimum absolute atomic E-state index is 0. The van der Waals surface area contributed by atoms with Crippen molar-refractivity contribution in [3.05, 3.63) is 35.4 Å². The van der Waals surface area contributed by atoms with Crippen LogP contribution in [-0.4, -0.2) is 68.4 Å². The van der Waals surface area contributed by atoms with Gasteiger partial charge in [-0.25, -0.2) is 9.79 Å². The van der Waals surface area contributed by atoms with Crippen molar-refractivity contribution in [3.8, 4) is 0 Å². The average molecular weight is 518 g/mol. The number of rotatable bonds is 8. The Morgan fingerprint density at radius 2 is 1.83 bits per heavy atom. The van der Waals surface area contributed by atoms with Gasteiger partial charge in [-0.15, -0.1) is 24.0 Å². The maximum Gasteiger partial charge on any atom is 0.338 e. The first-order valence-electron chi connectivity index (χ1n) is 10.1. The van der Waals surface area contributed by atoms with Crippen LogP contribution >= 0.6 is 24.0 Å². The van der Waals surface area contributed by atoms with E-state index in [9.17, 15) is 4.79 Å². The first-order chi connectivity index (χ1) is 13.5. The summed E-state index contributed by atoms with van der Waals surface area (Å²) in [7, 11) is 0. The summed E-state index contributed by atoms with van der Waals surface area (Å²) >= 11 is 0. The van der Waals surface area contributed by atoms with Gasteiger partial charge in [-0.1, -0.05) is 12.1 Å². The average Bonchev–Trinajstić information content (AvgIpc) is 2.71. The van der Waals surface area contributed by atoms with Crippen LogP contribution in [0.1, 0.15) is 43.6 Å². The van der Waals surface area contributed by atoms with Crippen molar-refractivity contribution in [2.45, 2.75) is 39.8 Å². The summed E-state index contributed by atoms with van der Waals surface area (Å²) in [6, 6.07) is 7.39. The lowest BCUT2D eigenvalue weighted by Crippen LogP contribution is -2.56. The highest BCUT2D eigenvalue weighted by Gasteiger charge is 2.28. The molecule has 8 heteroatoms. The maximum absolute atomic E-state index is 11.7. The number of carbonyl (C=O) groups is 1. The molecule has 164 valence electrons. The van der Waals surface area contributed by atoms with Crippen molar-refractivity contribution < 1.29 is 14.3 Å². The fourth-order valence-electron chi connectivity index (χ4n) is 3.05. The summed E-state index contributed by atoms with van der Waals surface area (Å²) in [5, 5.41) is 6.75. The van der Waals surface area contributed by atoms with E-state index in [1.807, 2.05) is 12.1 Å². The van der Waals surface area contributed by atoms with E-state index in [-0.39, 0.29) is 35.5 Å². The van der Waals surface area contributed by atoms with Crippen LogP contribution in [0.2, 0.25) is 0 Å². The molecule has 29 heavy (non-hydrogen) atoms. The smallest absolute Gasteiger partial charge is 0.338 e. The fraction of sp³-hybridized carbons (Fsp3) is 0.619. The number of guanidine groups is 1. The monoisotopic (exact) mass is 518 g/mol. The molecule has 0 spiro atoms. The molecule has 1 aromatic carbocycles. The Balaban J connectivity index is 0.00000420. The van der Waals surface area contributed by atoms with Gasteiger partial charge < -0.3 is 20.1 Å². The molecule has 1 saturated heterocycles. The normalized spacial score (nSPS) is 15.4. The van der Waals surface area contributed by atoms with Crippen molar-refractivity contribution in [2.75, 3.05) is 46.0 Å². The Bertz CT molecular complexity index is 644. The molecule has 0 amide bonds. The minimum atomic E-state index is -0.294. The van der Waals surface area contributed by atoms with Gasteiger partial charge in [0, 0.05) is 31.7 Å². The highest BCUT2D eigenvalue weighted by Crippen LogP contribution is 2.15. The number of halogens is 1. The van der Waals surface area contributed by atoms with Crippen LogP contribution in [0.5, 0.6) is 0 Å². The number of carbonyl (C=O) groups excluding carboxylic acids is 1. The Labute approximate surface area is 191 Å². The van der Waals surface area contributed by atoms with Crippen LogP contribution in [0, 0.1) is 0 Å². The van der Waals surface area contributed by atoms with Gasteiger partial charge in [-0.05, 0) is 45.4 Å². The second-order valence-corrected chi connectivity index (χ2v) is 7.38. The molecular formula is C21H35IN4O3. The molecule has 1 fully saturated rings. The molecule has 2 N–H and O–H groups in total. The number of hydrogen-bond acceptors (Lipinski definition) is 5. The van der Waals surface area contributed by atoms with Gasteiger partial charge >= 0.3 is 5.97 Å². The number of aliphatic imine (C=N–C) groups is 1. The zero-order valence-corrected chi connectivity index (χ0v) is 20.3. The van der Waals surface area contributed by atoms with E-state index in [2.05, 4.69) is 41.3 Å². The van der Waals surface area contributed by atoms with E-state index in [0.717, 1.165) is 50.9 Å². The summed E-state index contributed by atoms with van der Waals surface area (Å²) < 4.78 is 10.5. The van der Waals surface area contributed by atoms with Crippen LogP contribution in [0.25, 0.3) is 0 Å². The fourth-order valence-corrected chi connectivity index (χ4v) is 3.05. The van der Waals surface area contributed by atoms with E-state index in [1.54, 1.807) is 19.1 Å². The third kappa shape index (κ3) is 8.47. The predicted octanol–water partition coefficient (Wildman–Crippen LogP) is 2.65. The van der Waals surface area contributed by atoms with Gasteiger partial charge in [0.2, 0.25) is 0 Å².